The second-order valence-corrected chi connectivity index (χ2v) is 1.63. The van der Waals surface area contributed by atoms with Gasteiger partial charge in [-0.2, -0.15) is 0 Å². The summed E-state index contributed by atoms with van der Waals surface area (Å²) in [5, 5.41) is 3.09. The van der Waals surface area contributed by atoms with E-state index in [1.165, 1.54) is 0 Å². The maximum atomic E-state index is 10.7. The molecule has 0 N–H and O–H groups in total. The minimum Gasteiger partial charge on any atom is -0.463 e. The van der Waals surface area contributed by atoms with Crippen LogP contribution in [0.4, 0.5) is 0 Å². The zero-order valence-electron chi connectivity index (χ0n) is 6.16. The van der Waals surface area contributed by atoms with Crippen LogP contribution in [0, 0.1) is 0 Å². The normalized spacial score (nSPS) is 11.8. The van der Waals surface area contributed by atoms with Crippen molar-refractivity contribution in [1.82, 2.24) is 0 Å². The molecule has 0 aliphatic heterocycles. The molecule has 0 aliphatic carbocycles. The van der Waals surface area contributed by atoms with Crippen LogP contribution < -0.4 is 0 Å². The largest absolute Gasteiger partial charge is 0.463 e. The van der Waals surface area contributed by atoms with Crippen molar-refractivity contribution in [1.29, 1.82) is 0 Å². The first-order valence-electron chi connectivity index (χ1n) is 3.00. The third kappa shape index (κ3) is 3.06. The summed E-state index contributed by atoms with van der Waals surface area (Å²) in [6, 6.07) is 0. The highest BCUT2D eigenvalue weighted by Gasteiger charge is 2.13. The zero-order valence-corrected chi connectivity index (χ0v) is 6.16. The van der Waals surface area contributed by atoms with Crippen molar-refractivity contribution in [3.05, 3.63) is 0 Å². The van der Waals surface area contributed by atoms with E-state index < -0.39 is 12.1 Å². The summed E-state index contributed by atoms with van der Waals surface area (Å²) >= 11 is 0. The predicted molar refractivity (Wildman–Crippen MR) is 36.7 cm³/mol. The summed E-state index contributed by atoms with van der Waals surface area (Å²) in [5.74, 6) is -0.421. The van der Waals surface area contributed by atoms with Crippen LogP contribution in [0.25, 0.3) is 0 Å². The number of carbonyl (C=O) groups is 1. The van der Waals surface area contributed by atoms with Crippen LogP contribution in [0.3, 0.4) is 0 Å². The van der Waals surface area contributed by atoms with Gasteiger partial charge in [-0.3, -0.25) is 0 Å². The molecule has 4 heteroatoms. The Bertz CT molecular complexity index is 124. The van der Waals surface area contributed by atoms with Gasteiger partial charge >= 0.3 is 5.97 Å². The van der Waals surface area contributed by atoms with Gasteiger partial charge in [-0.05, 0) is 13.8 Å². The summed E-state index contributed by atoms with van der Waals surface area (Å²) in [7, 11) is 0. The molecule has 10 heavy (non-hydrogen) atoms. The number of ether oxygens (including phenoxy) is 1. The van der Waals surface area contributed by atoms with Gasteiger partial charge in [0.2, 0.25) is 6.10 Å². The van der Waals surface area contributed by atoms with E-state index in [-0.39, 0.29) is 0 Å². The minimum absolute atomic E-state index is 0.351. The van der Waals surface area contributed by atoms with Crippen molar-refractivity contribution in [3.63, 3.8) is 0 Å². The van der Waals surface area contributed by atoms with Gasteiger partial charge < -0.3 is 9.57 Å². The molecule has 0 radical (unpaired) electrons. The molecule has 58 valence electrons. The van der Waals surface area contributed by atoms with Gasteiger partial charge in [-0.15, -0.1) is 5.16 Å². The minimum atomic E-state index is -0.655. The van der Waals surface area contributed by atoms with Crippen LogP contribution in [0.1, 0.15) is 13.8 Å². The fourth-order valence-corrected chi connectivity index (χ4v) is 0.414. The lowest BCUT2D eigenvalue weighted by atomic mass is 10.4. The lowest BCUT2D eigenvalue weighted by Crippen LogP contribution is -2.21. The summed E-state index contributed by atoms with van der Waals surface area (Å²) < 4.78 is 4.60. The maximum Gasteiger partial charge on any atom is 0.349 e. The number of oxime groups is 1. The van der Waals surface area contributed by atoms with E-state index in [0.29, 0.717) is 6.61 Å². The number of hydrogen-bond acceptors (Lipinski definition) is 4. The Morgan fingerprint density at radius 1 is 1.80 bits per heavy atom. The Morgan fingerprint density at radius 3 is 2.80 bits per heavy atom. The van der Waals surface area contributed by atoms with Crippen molar-refractivity contribution in [3.8, 4) is 0 Å². The first-order chi connectivity index (χ1) is 4.72. The second kappa shape index (κ2) is 4.78. The molecular weight excluding hydrogens is 134 g/mol. The van der Waals surface area contributed by atoms with E-state index in [9.17, 15) is 4.79 Å². The number of hydrogen-bond donors (Lipinski definition) is 0. The smallest absolute Gasteiger partial charge is 0.349 e. The van der Waals surface area contributed by atoms with Crippen LogP contribution in [-0.2, 0) is 14.4 Å². The van der Waals surface area contributed by atoms with Gasteiger partial charge in [-0.1, -0.05) is 0 Å². The van der Waals surface area contributed by atoms with Gasteiger partial charge in [0.25, 0.3) is 0 Å². The van der Waals surface area contributed by atoms with Crippen LogP contribution in [0.15, 0.2) is 5.16 Å². The topological polar surface area (TPSA) is 47.9 Å². The maximum absolute atomic E-state index is 10.7. The monoisotopic (exact) mass is 145 g/mol. The van der Waals surface area contributed by atoms with Gasteiger partial charge in [0.15, 0.2) is 0 Å². The Kier molecular flexibility index (Phi) is 4.28. The van der Waals surface area contributed by atoms with Gasteiger partial charge in [0, 0.05) is 6.72 Å². The molecule has 1 unspecified atom stereocenters. The standard InChI is InChI=1S/C6H11NO3/c1-4-9-6(8)5(2)10-7-3/h5H,3-4H2,1-2H3. The van der Waals surface area contributed by atoms with E-state index in [1.54, 1.807) is 13.8 Å². The SMILES string of the molecule is C=NOC(C)C(=O)OCC. The Labute approximate surface area is 59.8 Å². The Balaban J connectivity index is 3.58. The zero-order chi connectivity index (χ0) is 7.98. The highest BCUT2D eigenvalue weighted by molar-refractivity contribution is 5.74. The summed E-state index contributed by atoms with van der Waals surface area (Å²) in [4.78, 5) is 15.2. The van der Waals surface area contributed by atoms with Crippen LogP contribution >= 0.6 is 0 Å². The van der Waals surface area contributed by atoms with Crippen molar-refractivity contribution >= 4 is 12.7 Å². The van der Waals surface area contributed by atoms with Gasteiger partial charge in [0.1, 0.15) is 0 Å². The third-order valence-electron chi connectivity index (χ3n) is 0.851. The number of nitrogens with zero attached hydrogens (tertiary/aromatic N) is 1. The molecule has 0 aliphatic rings. The first kappa shape index (κ1) is 8.94. The molecule has 0 aromatic rings. The molecule has 0 spiro atoms. The molecular formula is C6H11NO3. The lowest BCUT2D eigenvalue weighted by Gasteiger charge is -2.06. The average molecular weight is 145 g/mol. The fraction of sp³-hybridized carbons (Fsp3) is 0.667. The molecule has 0 heterocycles. The van der Waals surface area contributed by atoms with E-state index in [0.717, 1.165) is 0 Å². The predicted octanol–water partition coefficient (Wildman–Crippen LogP) is 0.570. The van der Waals surface area contributed by atoms with Crippen molar-refractivity contribution in [2.45, 2.75) is 20.0 Å². The molecule has 0 saturated carbocycles. The number of rotatable bonds is 4. The van der Waals surface area contributed by atoms with E-state index in [1.807, 2.05) is 0 Å². The molecule has 0 bridgehead atoms. The molecule has 0 rings (SSSR count). The van der Waals surface area contributed by atoms with Gasteiger partial charge in [0.05, 0.1) is 6.61 Å². The van der Waals surface area contributed by atoms with Crippen LogP contribution in [0.5, 0.6) is 0 Å². The third-order valence-corrected chi connectivity index (χ3v) is 0.851. The highest BCUT2D eigenvalue weighted by atomic mass is 16.7. The first-order valence-corrected chi connectivity index (χ1v) is 3.00. The molecule has 0 fully saturated rings. The van der Waals surface area contributed by atoms with Gasteiger partial charge in [-0.25, -0.2) is 4.79 Å². The molecule has 0 amide bonds. The van der Waals surface area contributed by atoms with Crippen molar-refractivity contribution < 1.29 is 14.4 Å². The summed E-state index contributed by atoms with van der Waals surface area (Å²) in [6.45, 7) is 6.69. The van der Waals surface area contributed by atoms with Crippen LogP contribution in [0.2, 0.25) is 0 Å². The Hall–Kier alpha value is -1.06. The Morgan fingerprint density at radius 2 is 2.40 bits per heavy atom. The molecule has 4 nitrogen and oxygen atoms in total. The van der Waals surface area contributed by atoms with E-state index in [4.69, 9.17) is 0 Å². The van der Waals surface area contributed by atoms with E-state index in [2.05, 4.69) is 21.4 Å². The van der Waals surface area contributed by atoms with E-state index >= 15 is 0 Å². The fourth-order valence-electron chi connectivity index (χ4n) is 0.414. The average Bonchev–Trinajstić information content (AvgIpc) is 1.89. The molecule has 0 saturated heterocycles. The molecule has 0 aromatic carbocycles. The van der Waals surface area contributed by atoms with Crippen LogP contribution in [-0.4, -0.2) is 25.4 Å². The van der Waals surface area contributed by atoms with Crippen molar-refractivity contribution in [2.75, 3.05) is 6.61 Å². The van der Waals surface area contributed by atoms with Crippen molar-refractivity contribution in [2.24, 2.45) is 5.16 Å². The molecule has 1 atom stereocenters. The number of esters is 1. The number of carbonyl (C=O) groups excluding carboxylic acids is 1. The lowest BCUT2D eigenvalue weighted by molar-refractivity contribution is -0.155. The highest BCUT2D eigenvalue weighted by Crippen LogP contribution is 1.93. The quantitative estimate of drug-likeness (QED) is 0.330. The summed E-state index contributed by atoms with van der Waals surface area (Å²) in [5.41, 5.74) is 0. The second-order valence-electron chi connectivity index (χ2n) is 1.63. The summed E-state index contributed by atoms with van der Waals surface area (Å²) in [6.07, 6.45) is -0.655. The molecule has 0 aromatic heterocycles.